The predicted molar refractivity (Wildman–Crippen MR) is 55.7 cm³/mol. The molecule has 2 N–H and O–H groups in total. The highest BCUT2D eigenvalue weighted by molar-refractivity contribution is 6.36. The van der Waals surface area contributed by atoms with Gasteiger partial charge in [0.2, 0.25) is 0 Å². The second-order valence-corrected chi connectivity index (χ2v) is 3.65. The summed E-state index contributed by atoms with van der Waals surface area (Å²) in [5.41, 5.74) is -0.259. The first-order valence-electron chi connectivity index (χ1n) is 4.96. The molecule has 0 aliphatic rings. The van der Waals surface area contributed by atoms with Crippen molar-refractivity contribution in [2.75, 3.05) is 0 Å². The number of carboxylic acid groups (broad SMARTS) is 1. The molecule has 0 radical (unpaired) electrons. The summed E-state index contributed by atoms with van der Waals surface area (Å²) in [6.07, 6.45) is -2.86. The molecule has 1 atom stereocenters. The smallest absolute Gasteiger partial charge is 0.408 e. The highest BCUT2D eigenvalue weighted by Gasteiger charge is 2.38. The van der Waals surface area contributed by atoms with Crippen molar-refractivity contribution in [2.45, 2.75) is 19.1 Å². The lowest BCUT2D eigenvalue weighted by atomic mass is 10.3. The second kappa shape index (κ2) is 5.12. The average Bonchev–Trinajstić information content (AvgIpc) is 2.75. The number of carbonyl (C=O) groups is 3. The number of aromatic carboxylic acids is 1. The fourth-order valence-electron chi connectivity index (χ4n) is 1.11. The van der Waals surface area contributed by atoms with E-state index in [1.807, 2.05) is 0 Å². The van der Waals surface area contributed by atoms with Crippen LogP contribution in [-0.2, 0) is 4.79 Å². The molecule has 0 saturated carbocycles. The number of nitrogens with zero attached hydrogens (tertiary/aromatic N) is 1. The van der Waals surface area contributed by atoms with E-state index >= 15 is 0 Å². The third-order valence-corrected chi connectivity index (χ3v) is 2.21. The van der Waals surface area contributed by atoms with Gasteiger partial charge in [0.15, 0.2) is 0 Å². The maximum atomic E-state index is 12.2. The average molecular weight is 278 g/mol. The number of carboxylic acids is 1. The Hall–Kier alpha value is -2.32. The first-order chi connectivity index (χ1) is 8.62. The van der Waals surface area contributed by atoms with Crippen LogP contribution < -0.4 is 5.32 Å². The maximum absolute atomic E-state index is 12.2. The van der Waals surface area contributed by atoms with E-state index in [0.29, 0.717) is 11.5 Å². The summed E-state index contributed by atoms with van der Waals surface area (Å²) >= 11 is 0. The van der Waals surface area contributed by atoms with E-state index in [2.05, 4.69) is 0 Å². The van der Waals surface area contributed by atoms with Gasteiger partial charge in [0.05, 0.1) is 5.56 Å². The molecule has 1 aromatic rings. The van der Waals surface area contributed by atoms with E-state index in [-0.39, 0.29) is 5.56 Å². The number of rotatable bonds is 2. The maximum Gasteiger partial charge on any atom is 0.408 e. The van der Waals surface area contributed by atoms with Crippen LogP contribution in [0.15, 0.2) is 18.5 Å². The highest BCUT2D eigenvalue weighted by atomic mass is 19.4. The van der Waals surface area contributed by atoms with Crippen LogP contribution in [0.5, 0.6) is 0 Å². The minimum atomic E-state index is -4.67. The Kier molecular flexibility index (Phi) is 3.98. The van der Waals surface area contributed by atoms with Crippen LogP contribution in [0.1, 0.15) is 22.1 Å². The van der Waals surface area contributed by atoms with Crippen molar-refractivity contribution < 1.29 is 32.7 Å². The predicted octanol–water partition coefficient (Wildman–Crippen LogP) is 0.893. The molecule has 0 aliphatic heterocycles. The molecule has 0 bridgehead atoms. The van der Waals surface area contributed by atoms with Crippen molar-refractivity contribution in [3.05, 3.63) is 24.0 Å². The first-order valence-corrected chi connectivity index (χ1v) is 4.96. The molecule has 9 heteroatoms. The molecule has 1 heterocycles. The third-order valence-electron chi connectivity index (χ3n) is 2.21. The van der Waals surface area contributed by atoms with Gasteiger partial charge in [0, 0.05) is 12.4 Å². The molecule has 1 amide bonds. The SMILES string of the molecule is CC(NC(=O)C(=O)n1ccc(C(=O)O)c1)C(F)(F)F. The monoisotopic (exact) mass is 278 g/mol. The van der Waals surface area contributed by atoms with Gasteiger partial charge in [-0.15, -0.1) is 0 Å². The quantitative estimate of drug-likeness (QED) is 0.786. The van der Waals surface area contributed by atoms with Gasteiger partial charge < -0.3 is 10.4 Å². The number of alkyl halides is 3. The molecular formula is C10H9F3N2O4. The van der Waals surface area contributed by atoms with Gasteiger partial charge >= 0.3 is 24.0 Å². The van der Waals surface area contributed by atoms with Crippen molar-refractivity contribution in [3.8, 4) is 0 Å². The minimum absolute atomic E-state index is 0.259. The van der Waals surface area contributed by atoms with Gasteiger partial charge in [-0.2, -0.15) is 13.2 Å². The summed E-state index contributed by atoms with van der Waals surface area (Å²) < 4.78 is 37.1. The highest BCUT2D eigenvalue weighted by Crippen LogP contribution is 2.19. The zero-order chi connectivity index (χ0) is 14.8. The minimum Gasteiger partial charge on any atom is -0.478 e. The van der Waals surface area contributed by atoms with Crippen molar-refractivity contribution in [1.29, 1.82) is 0 Å². The van der Waals surface area contributed by atoms with Gasteiger partial charge in [-0.1, -0.05) is 0 Å². The molecule has 6 nitrogen and oxygen atoms in total. The van der Waals surface area contributed by atoms with E-state index in [4.69, 9.17) is 5.11 Å². The molecule has 0 aromatic carbocycles. The number of aromatic nitrogens is 1. The normalized spacial score (nSPS) is 12.8. The lowest BCUT2D eigenvalue weighted by Crippen LogP contribution is -2.46. The fraction of sp³-hybridized carbons (Fsp3) is 0.300. The van der Waals surface area contributed by atoms with Crippen LogP contribution in [0.25, 0.3) is 0 Å². The molecule has 0 aliphatic carbocycles. The molecule has 1 rings (SSSR count). The summed E-state index contributed by atoms with van der Waals surface area (Å²) in [5.74, 6) is -4.10. The number of halogens is 3. The standard InChI is InChI=1S/C10H9F3N2O4/c1-5(10(11,12)13)14-7(16)8(17)15-3-2-6(4-15)9(18)19/h2-5H,1H3,(H,14,16)(H,18,19). The van der Waals surface area contributed by atoms with Crippen LogP contribution in [0.2, 0.25) is 0 Å². The molecule has 104 valence electrons. The molecule has 1 aromatic heterocycles. The molecular weight excluding hydrogens is 269 g/mol. The van der Waals surface area contributed by atoms with E-state index in [9.17, 15) is 27.6 Å². The Balaban J connectivity index is 2.77. The Bertz CT molecular complexity index is 521. The summed E-state index contributed by atoms with van der Waals surface area (Å²) in [7, 11) is 0. The van der Waals surface area contributed by atoms with Crippen LogP contribution in [-0.4, -0.2) is 39.7 Å². The third kappa shape index (κ3) is 3.57. The van der Waals surface area contributed by atoms with Crippen molar-refractivity contribution in [1.82, 2.24) is 9.88 Å². The Morgan fingerprint density at radius 1 is 1.37 bits per heavy atom. The van der Waals surface area contributed by atoms with Crippen molar-refractivity contribution >= 4 is 17.8 Å². The van der Waals surface area contributed by atoms with Gasteiger partial charge in [0.25, 0.3) is 0 Å². The lowest BCUT2D eigenvalue weighted by molar-refractivity contribution is -0.156. The molecule has 0 fully saturated rings. The van der Waals surface area contributed by atoms with Gasteiger partial charge in [-0.25, -0.2) is 4.79 Å². The molecule has 19 heavy (non-hydrogen) atoms. The zero-order valence-corrected chi connectivity index (χ0v) is 9.56. The number of amides is 1. The van der Waals surface area contributed by atoms with E-state index in [0.717, 1.165) is 18.5 Å². The summed E-state index contributed by atoms with van der Waals surface area (Å²) in [6.45, 7) is 0.684. The van der Waals surface area contributed by atoms with Gasteiger partial charge in [-0.3, -0.25) is 14.2 Å². The summed E-state index contributed by atoms with van der Waals surface area (Å²) in [5, 5.41) is 10.1. The molecule has 0 spiro atoms. The first kappa shape index (κ1) is 14.7. The topological polar surface area (TPSA) is 88.4 Å². The van der Waals surface area contributed by atoms with Crippen LogP contribution >= 0.6 is 0 Å². The number of hydrogen-bond acceptors (Lipinski definition) is 3. The second-order valence-electron chi connectivity index (χ2n) is 3.65. The summed E-state index contributed by atoms with van der Waals surface area (Å²) in [6, 6.07) is -1.14. The largest absolute Gasteiger partial charge is 0.478 e. The number of hydrogen-bond donors (Lipinski definition) is 2. The Morgan fingerprint density at radius 3 is 2.37 bits per heavy atom. The molecule has 1 unspecified atom stereocenters. The Morgan fingerprint density at radius 2 is 1.95 bits per heavy atom. The van der Waals surface area contributed by atoms with Crippen molar-refractivity contribution in [3.63, 3.8) is 0 Å². The lowest BCUT2D eigenvalue weighted by Gasteiger charge is -2.16. The van der Waals surface area contributed by atoms with Gasteiger partial charge in [0.1, 0.15) is 6.04 Å². The molecule has 0 saturated heterocycles. The summed E-state index contributed by atoms with van der Waals surface area (Å²) in [4.78, 5) is 33.2. The van der Waals surface area contributed by atoms with Crippen LogP contribution in [0.4, 0.5) is 13.2 Å². The van der Waals surface area contributed by atoms with E-state index in [1.54, 1.807) is 0 Å². The van der Waals surface area contributed by atoms with E-state index < -0.39 is 30.0 Å². The zero-order valence-electron chi connectivity index (χ0n) is 9.56. The van der Waals surface area contributed by atoms with Crippen molar-refractivity contribution in [2.24, 2.45) is 0 Å². The Labute approximate surface area is 104 Å². The van der Waals surface area contributed by atoms with E-state index in [1.165, 1.54) is 5.32 Å². The number of nitrogens with one attached hydrogen (secondary N) is 1. The number of carbonyl (C=O) groups excluding carboxylic acids is 2. The van der Waals surface area contributed by atoms with Crippen LogP contribution in [0, 0.1) is 0 Å². The fourth-order valence-corrected chi connectivity index (χ4v) is 1.11. The van der Waals surface area contributed by atoms with Gasteiger partial charge in [-0.05, 0) is 13.0 Å². The van der Waals surface area contributed by atoms with Crippen LogP contribution in [0.3, 0.4) is 0 Å².